The summed E-state index contributed by atoms with van der Waals surface area (Å²) in [6.45, 7) is 4.61. The van der Waals surface area contributed by atoms with E-state index in [4.69, 9.17) is 4.52 Å². The second-order valence-electron chi connectivity index (χ2n) is 7.45. The van der Waals surface area contributed by atoms with Crippen LogP contribution in [0, 0.1) is 11.8 Å². The molecule has 146 valence electrons. The van der Waals surface area contributed by atoms with Gasteiger partial charge in [-0.2, -0.15) is 0 Å². The molecule has 0 bridgehead atoms. The molecule has 0 radical (unpaired) electrons. The third-order valence-corrected chi connectivity index (χ3v) is 5.28. The van der Waals surface area contributed by atoms with Crippen LogP contribution in [0.25, 0.3) is 0 Å². The van der Waals surface area contributed by atoms with E-state index in [0.29, 0.717) is 24.8 Å². The van der Waals surface area contributed by atoms with Gasteiger partial charge in [0.1, 0.15) is 5.76 Å². The highest BCUT2D eigenvalue weighted by atomic mass is 16.5. The molecule has 1 aliphatic rings. The van der Waals surface area contributed by atoms with Crippen LogP contribution in [0.2, 0.25) is 0 Å². The third kappa shape index (κ3) is 6.17. The van der Waals surface area contributed by atoms with Gasteiger partial charge < -0.3 is 15.2 Å². The Hall–Kier alpha value is -2.21. The van der Waals surface area contributed by atoms with E-state index in [1.807, 2.05) is 12.1 Å². The number of unbranched alkanes of at least 4 members (excludes halogenated alkanes) is 1. The van der Waals surface area contributed by atoms with Crippen molar-refractivity contribution in [2.24, 2.45) is 11.8 Å². The largest absolute Gasteiger partial charge is 0.361 e. The zero-order valence-corrected chi connectivity index (χ0v) is 16.1. The van der Waals surface area contributed by atoms with Crippen molar-refractivity contribution in [1.82, 2.24) is 20.8 Å². The van der Waals surface area contributed by atoms with Crippen LogP contribution in [0.1, 0.15) is 49.6 Å². The lowest BCUT2D eigenvalue weighted by Crippen LogP contribution is -2.40. The number of piperidine rings is 1. The number of nitrogens with one attached hydrogen (secondary N) is 2. The normalized spacial score (nSPS) is 19.7. The maximum atomic E-state index is 12.4. The Morgan fingerprint density at radius 3 is 3.15 bits per heavy atom. The maximum absolute atomic E-state index is 12.4. The van der Waals surface area contributed by atoms with Gasteiger partial charge in [0.05, 0.1) is 5.69 Å². The summed E-state index contributed by atoms with van der Waals surface area (Å²) in [5.74, 6) is 1.86. The van der Waals surface area contributed by atoms with E-state index in [2.05, 4.69) is 33.8 Å². The highest BCUT2D eigenvalue weighted by Gasteiger charge is 2.28. The molecule has 0 aromatic carbocycles. The standard InChI is InChI=1S/C21H30N4O2/c1-2-3-6-20-12-19(25-27-20)10-18-15-23-9-7-17(18)11-21(26)24-14-16-5-4-8-22-13-16/h4-5,8,12-13,17-18,23H,2-3,6-7,9-11,14-15H2,1H3,(H,24,26). The van der Waals surface area contributed by atoms with E-state index in [9.17, 15) is 4.79 Å². The summed E-state index contributed by atoms with van der Waals surface area (Å²) in [6.07, 6.45) is 9.20. The SMILES string of the molecule is CCCCc1cc(CC2CNCCC2CC(=O)NCc2cccnc2)no1. The van der Waals surface area contributed by atoms with E-state index >= 15 is 0 Å². The summed E-state index contributed by atoms with van der Waals surface area (Å²) in [7, 11) is 0. The number of rotatable bonds is 9. The number of nitrogens with zero attached hydrogens (tertiary/aromatic N) is 2. The van der Waals surface area contributed by atoms with Crippen molar-refractivity contribution >= 4 is 5.91 Å². The number of hydrogen-bond donors (Lipinski definition) is 2. The minimum atomic E-state index is 0.111. The first-order valence-electron chi connectivity index (χ1n) is 10.1. The summed E-state index contributed by atoms with van der Waals surface area (Å²) in [5.41, 5.74) is 2.03. The van der Waals surface area contributed by atoms with Crippen molar-refractivity contribution in [3.05, 3.63) is 47.6 Å². The molecule has 2 unspecified atom stereocenters. The first-order valence-corrected chi connectivity index (χ1v) is 10.1. The molecule has 2 atom stereocenters. The summed E-state index contributed by atoms with van der Waals surface area (Å²) in [5, 5.41) is 10.7. The molecular weight excluding hydrogens is 340 g/mol. The van der Waals surface area contributed by atoms with Crippen LogP contribution in [0.15, 0.2) is 35.1 Å². The molecule has 2 aromatic rings. The number of aryl methyl sites for hydroxylation is 1. The molecule has 1 aliphatic heterocycles. The van der Waals surface area contributed by atoms with Gasteiger partial charge in [0.15, 0.2) is 0 Å². The number of carbonyl (C=O) groups is 1. The molecule has 2 aromatic heterocycles. The van der Waals surface area contributed by atoms with Crippen molar-refractivity contribution in [3.63, 3.8) is 0 Å². The van der Waals surface area contributed by atoms with E-state index in [-0.39, 0.29) is 5.91 Å². The average molecular weight is 370 g/mol. The number of hydrogen-bond acceptors (Lipinski definition) is 5. The lowest BCUT2D eigenvalue weighted by Gasteiger charge is -2.31. The van der Waals surface area contributed by atoms with Gasteiger partial charge in [0, 0.05) is 37.8 Å². The van der Waals surface area contributed by atoms with Gasteiger partial charge in [-0.25, -0.2) is 0 Å². The molecule has 0 spiro atoms. The molecule has 2 N–H and O–H groups in total. The number of carbonyl (C=O) groups excluding carboxylic acids is 1. The van der Waals surface area contributed by atoms with Crippen molar-refractivity contribution in [2.45, 2.75) is 52.0 Å². The van der Waals surface area contributed by atoms with Gasteiger partial charge in [-0.3, -0.25) is 9.78 Å². The summed E-state index contributed by atoms with van der Waals surface area (Å²) in [4.78, 5) is 16.5. The molecular formula is C21H30N4O2. The zero-order valence-electron chi connectivity index (χ0n) is 16.1. The van der Waals surface area contributed by atoms with Crippen molar-refractivity contribution in [3.8, 4) is 0 Å². The Labute approximate surface area is 161 Å². The van der Waals surface area contributed by atoms with Gasteiger partial charge in [-0.1, -0.05) is 24.6 Å². The summed E-state index contributed by atoms with van der Waals surface area (Å²) >= 11 is 0. The van der Waals surface area contributed by atoms with Crippen molar-refractivity contribution < 1.29 is 9.32 Å². The second kappa shape index (κ2) is 10.2. The van der Waals surface area contributed by atoms with E-state index < -0.39 is 0 Å². The number of pyridine rings is 1. The summed E-state index contributed by atoms with van der Waals surface area (Å²) in [6, 6.07) is 5.95. The Bertz CT molecular complexity index is 701. The Kier molecular flexibility index (Phi) is 7.39. The maximum Gasteiger partial charge on any atom is 0.220 e. The molecule has 0 saturated carbocycles. The van der Waals surface area contributed by atoms with Crippen LogP contribution in [0.3, 0.4) is 0 Å². The fourth-order valence-corrected chi connectivity index (χ4v) is 3.69. The molecule has 27 heavy (non-hydrogen) atoms. The first kappa shape index (κ1) is 19.5. The highest BCUT2D eigenvalue weighted by molar-refractivity contribution is 5.76. The second-order valence-corrected chi connectivity index (χ2v) is 7.45. The van der Waals surface area contributed by atoms with Crippen LogP contribution in [0.4, 0.5) is 0 Å². The van der Waals surface area contributed by atoms with Crippen LogP contribution in [-0.4, -0.2) is 29.1 Å². The smallest absolute Gasteiger partial charge is 0.220 e. The van der Waals surface area contributed by atoms with E-state index in [1.54, 1.807) is 12.4 Å². The topological polar surface area (TPSA) is 80.0 Å². The van der Waals surface area contributed by atoms with Gasteiger partial charge >= 0.3 is 0 Å². The third-order valence-electron chi connectivity index (χ3n) is 5.28. The van der Waals surface area contributed by atoms with Crippen molar-refractivity contribution in [1.29, 1.82) is 0 Å². The number of aromatic nitrogens is 2. The quantitative estimate of drug-likeness (QED) is 0.709. The average Bonchev–Trinajstić information content (AvgIpc) is 3.14. The van der Waals surface area contributed by atoms with Gasteiger partial charge in [-0.15, -0.1) is 0 Å². The number of amides is 1. The summed E-state index contributed by atoms with van der Waals surface area (Å²) < 4.78 is 5.46. The highest BCUT2D eigenvalue weighted by Crippen LogP contribution is 2.26. The Balaban J connectivity index is 1.50. The Morgan fingerprint density at radius 2 is 2.33 bits per heavy atom. The molecule has 1 saturated heterocycles. The predicted molar refractivity (Wildman–Crippen MR) is 104 cm³/mol. The lowest BCUT2D eigenvalue weighted by atomic mass is 9.81. The monoisotopic (exact) mass is 370 g/mol. The zero-order chi connectivity index (χ0) is 18.9. The minimum Gasteiger partial charge on any atom is -0.361 e. The minimum absolute atomic E-state index is 0.111. The Morgan fingerprint density at radius 1 is 1.41 bits per heavy atom. The van der Waals surface area contributed by atoms with Gasteiger partial charge in [-0.05, 0) is 55.8 Å². The van der Waals surface area contributed by atoms with E-state index in [0.717, 1.165) is 62.2 Å². The van der Waals surface area contributed by atoms with Crippen LogP contribution in [-0.2, 0) is 24.2 Å². The molecule has 6 heteroatoms. The molecule has 1 fully saturated rings. The predicted octanol–water partition coefficient (Wildman–Crippen LogP) is 2.89. The van der Waals surface area contributed by atoms with Gasteiger partial charge in [0.25, 0.3) is 0 Å². The van der Waals surface area contributed by atoms with E-state index in [1.165, 1.54) is 0 Å². The molecule has 1 amide bonds. The van der Waals surface area contributed by atoms with Gasteiger partial charge in [0.2, 0.25) is 5.91 Å². The fourth-order valence-electron chi connectivity index (χ4n) is 3.69. The molecule has 3 rings (SSSR count). The molecule has 0 aliphatic carbocycles. The van der Waals surface area contributed by atoms with Crippen LogP contribution >= 0.6 is 0 Å². The molecule has 6 nitrogen and oxygen atoms in total. The first-order chi connectivity index (χ1) is 13.2. The fraction of sp³-hybridized carbons (Fsp3) is 0.571. The van der Waals surface area contributed by atoms with Crippen molar-refractivity contribution in [2.75, 3.05) is 13.1 Å². The lowest BCUT2D eigenvalue weighted by molar-refractivity contribution is -0.122. The van der Waals surface area contributed by atoms with Crippen LogP contribution < -0.4 is 10.6 Å². The molecule has 3 heterocycles. The van der Waals surface area contributed by atoms with Crippen LogP contribution in [0.5, 0.6) is 0 Å².